The lowest BCUT2D eigenvalue weighted by atomic mass is 10.2. The van der Waals surface area contributed by atoms with Crippen LogP contribution < -0.4 is 11.3 Å². The molecule has 0 unspecified atom stereocenters. The molecule has 5 heteroatoms. The lowest BCUT2D eigenvalue weighted by Gasteiger charge is -2.08. The number of rotatable bonds is 4. The van der Waals surface area contributed by atoms with Crippen molar-refractivity contribution in [2.24, 2.45) is 5.84 Å². The predicted molar refractivity (Wildman–Crippen MR) is 55.6 cm³/mol. The first-order valence-electron chi connectivity index (χ1n) is 4.26. The summed E-state index contributed by atoms with van der Waals surface area (Å²) in [5, 5.41) is 1.02. The number of hydrogen-bond donors (Lipinski definition) is 2. The maximum Gasteiger partial charge on any atom is 0.147 e. The summed E-state index contributed by atoms with van der Waals surface area (Å²) < 4.78 is 0. The Balaban J connectivity index is 3.03. The maximum atomic E-state index is 5.34. The summed E-state index contributed by atoms with van der Waals surface area (Å²) >= 11 is 1.71. The van der Waals surface area contributed by atoms with Crippen LogP contribution in [0.4, 0.5) is 5.82 Å². The van der Waals surface area contributed by atoms with Crippen LogP contribution in [0.15, 0.2) is 11.4 Å². The van der Waals surface area contributed by atoms with E-state index in [2.05, 4.69) is 29.2 Å². The summed E-state index contributed by atoms with van der Waals surface area (Å²) in [4.78, 5) is 8.25. The molecule has 0 aromatic carbocycles. The Labute approximate surface area is 82.3 Å². The molecule has 0 spiro atoms. The van der Waals surface area contributed by atoms with Crippen molar-refractivity contribution in [2.75, 3.05) is 11.2 Å². The van der Waals surface area contributed by atoms with E-state index in [4.69, 9.17) is 5.84 Å². The van der Waals surface area contributed by atoms with Gasteiger partial charge in [-0.2, -0.15) is 0 Å². The van der Waals surface area contributed by atoms with Crippen LogP contribution in [-0.4, -0.2) is 15.7 Å². The van der Waals surface area contributed by atoms with Gasteiger partial charge in [0.2, 0.25) is 0 Å². The molecule has 0 fully saturated rings. The molecule has 1 rings (SSSR count). The molecule has 1 aromatic rings. The van der Waals surface area contributed by atoms with Crippen molar-refractivity contribution in [3.05, 3.63) is 11.9 Å². The van der Waals surface area contributed by atoms with Crippen molar-refractivity contribution in [3.63, 3.8) is 0 Å². The van der Waals surface area contributed by atoms with Crippen molar-refractivity contribution in [3.8, 4) is 0 Å². The first kappa shape index (κ1) is 10.3. The molecule has 1 heterocycles. The molecule has 0 saturated carbocycles. The summed E-state index contributed by atoms with van der Waals surface area (Å²) in [6.45, 7) is 4.17. The van der Waals surface area contributed by atoms with Crippen molar-refractivity contribution in [2.45, 2.75) is 25.3 Å². The van der Waals surface area contributed by atoms with Crippen LogP contribution in [0, 0.1) is 0 Å². The molecule has 72 valence electrons. The smallest absolute Gasteiger partial charge is 0.147 e. The molecular weight excluding hydrogens is 184 g/mol. The zero-order chi connectivity index (χ0) is 9.68. The van der Waals surface area contributed by atoms with Crippen molar-refractivity contribution in [1.82, 2.24) is 9.97 Å². The monoisotopic (exact) mass is 198 g/mol. The zero-order valence-electron chi connectivity index (χ0n) is 7.87. The fourth-order valence-electron chi connectivity index (χ4n) is 1.10. The van der Waals surface area contributed by atoms with E-state index in [-0.39, 0.29) is 0 Å². The Bertz CT molecular complexity index is 277. The van der Waals surface area contributed by atoms with E-state index in [1.165, 1.54) is 6.33 Å². The molecule has 3 N–H and O–H groups in total. The highest BCUT2D eigenvalue weighted by atomic mass is 32.2. The first-order valence-corrected chi connectivity index (χ1v) is 5.25. The third-order valence-electron chi connectivity index (χ3n) is 1.68. The Morgan fingerprint density at radius 2 is 2.23 bits per heavy atom. The van der Waals surface area contributed by atoms with Crippen LogP contribution in [0.1, 0.15) is 19.4 Å². The van der Waals surface area contributed by atoms with E-state index in [0.29, 0.717) is 0 Å². The van der Waals surface area contributed by atoms with Crippen molar-refractivity contribution < 1.29 is 0 Å². The van der Waals surface area contributed by atoms with Gasteiger partial charge in [0.25, 0.3) is 0 Å². The molecule has 13 heavy (non-hydrogen) atoms. The van der Waals surface area contributed by atoms with Crippen molar-refractivity contribution in [1.29, 1.82) is 0 Å². The molecule has 0 atom stereocenters. The second-order valence-electron chi connectivity index (χ2n) is 2.44. The van der Waals surface area contributed by atoms with Gasteiger partial charge in [0.15, 0.2) is 0 Å². The highest BCUT2D eigenvalue weighted by molar-refractivity contribution is 7.99. The molecule has 0 aliphatic heterocycles. The van der Waals surface area contributed by atoms with E-state index in [9.17, 15) is 0 Å². The minimum atomic E-state index is 0.730. The fraction of sp³-hybridized carbons (Fsp3) is 0.500. The second kappa shape index (κ2) is 5.04. The van der Waals surface area contributed by atoms with Crippen LogP contribution in [-0.2, 0) is 6.42 Å². The first-order chi connectivity index (χ1) is 6.33. The Kier molecular flexibility index (Phi) is 3.98. The fourth-order valence-corrected chi connectivity index (χ4v) is 1.91. The maximum absolute atomic E-state index is 5.34. The minimum Gasteiger partial charge on any atom is -0.308 e. The van der Waals surface area contributed by atoms with Crippen LogP contribution in [0.5, 0.6) is 0 Å². The van der Waals surface area contributed by atoms with Crippen LogP contribution in [0.25, 0.3) is 0 Å². The van der Waals surface area contributed by atoms with E-state index < -0.39 is 0 Å². The summed E-state index contributed by atoms with van der Waals surface area (Å²) in [7, 11) is 0. The predicted octanol–water partition coefficient (Wildman–Crippen LogP) is 1.44. The van der Waals surface area contributed by atoms with Crippen LogP contribution >= 0.6 is 11.8 Å². The number of anilines is 1. The number of hydrazine groups is 1. The average Bonchev–Trinajstić information content (AvgIpc) is 2.18. The largest absolute Gasteiger partial charge is 0.308 e. The topological polar surface area (TPSA) is 63.8 Å². The zero-order valence-corrected chi connectivity index (χ0v) is 8.69. The number of nitrogens with one attached hydrogen (secondary N) is 1. The molecular formula is C8H14N4S. The van der Waals surface area contributed by atoms with Gasteiger partial charge in [-0.15, -0.1) is 11.8 Å². The third-order valence-corrected chi connectivity index (χ3v) is 2.59. The van der Waals surface area contributed by atoms with Gasteiger partial charge in [-0.25, -0.2) is 15.8 Å². The van der Waals surface area contributed by atoms with Gasteiger partial charge >= 0.3 is 0 Å². The van der Waals surface area contributed by atoms with Crippen molar-refractivity contribution >= 4 is 17.6 Å². The molecule has 0 bridgehead atoms. The van der Waals surface area contributed by atoms with Gasteiger partial charge in [-0.05, 0) is 12.2 Å². The Morgan fingerprint density at radius 1 is 1.46 bits per heavy atom. The standard InChI is InChI=1S/C8H14N4S/c1-3-6-7(12-9)10-5-11-8(6)13-4-2/h5H,3-4,9H2,1-2H3,(H,10,11,12). The number of aromatic nitrogens is 2. The lowest BCUT2D eigenvalue weighted by molar-refractivity contribution is 0.941. The second-order valence-corrected chi connectivity index (χ2v) is 3.69. The number of nitrogens with two attached hydrogens (primary N) is 1. The molecule has 0 aliphatic rings. The quantitative estimate of drug-likeness (QED) is 0.332. The van der Waals surface area contributed by atoms with E-state index >= 15 is 0 Å². The highest BCUT2D eigenvalue weighted by Crippen LogP contribution is 2.24. The third kappa shape index (κ3) is 2.32. The normalized spacial score (nSPS) is 10.1. The number of nitrogens with zero attached hydrogens (tertiary/aromatic N) is 2. The molecule has 0 saturated heterocycles. The highest BCUT2D eigenvalue weighted by Gasteiger charge is 2.07. The van der Waals surface area contributed by atoms with Gasteiger partial charge in [-0.3, -0.25) is 0 Å². The minimum absolute atomic E-state index is 0.730. The van der Waals surface area contributed by atoms with E-state index in [0.717, 1.165) is 28.6 Å². The molecule has 0 radical (unpaired) electrons. The van der Waals surface area contributed by atoms with Gasteiger partial charge in [0.1, 0.15) is 17.2 Å². The van der Waals surface area contributed by atoms with Gasteiger partial charge in [0.05, 0.1) is 0 Å². The summed E-state index contributed by atoms with van der Waals surface area (Å²) in [5.41, 5.74) is 3.68. The number of thioether (sulfide) groups is 1. The van der Waals surface area contributed by atoms with Gasteiger partial charge in [-0.1, -0.05) is 13.8 Å². The summed E-state index contributed by atoms with van der Waals surface area (Å²) in [5.74, 6) is 7.08. The lowest BCUT2D eigenvalue weighted by Crippen LogP contribution is -2.12. The average molecular weight is 198 g/mol. The molecule has 1 aromatic heterocycles. The van der Waals surface area contributed by atoms with Gasteiger partial charge in [0, 0.05) is 5.56 Å². The Hall–Kier alpha value is -0.810. The van der Waals surface area contributed by atoms with E-state index in [1.54, 1.807) is 11.8 Å². The summed E-state index contributed by atoms with van der Waals surface area (Å²) in [6.07, 6.45) is 2.43. The van der Waals surface area contributed by atoms with E-state index in [1.807, 2.05) is 0 Å². The SMILES string of the molecule is CCSc1ncnc(NN)c1CC. The molecule has 0 aliphatic carbocycles. The number of nitrogen functional groups attached to an aromatic ring is 1. The Morgan fingerprint density at radius 3 is 2.77 bits per heavy atom. The molecule has 0 amide bonds. The van der Waals surface area contributed by atoms with Crippen LogP contribution in [0.2, 0.25) is 0 Å². The van der Waals surface area contributed by atoms with Gasteiger partial charge < -0.3 is 5.43 Å². The molecule has 4 nitrogen and oxygen atoms in total. The summed E-state index contributed by atoms with van der Waals surface area (Å²) in [6, 6.07) is 0. The van der Waals surface area contributed by atoms with Crippen LogP contribution in [0.3, 0.4) is 0 Å². The number of hydrogen-bond acceptors (Lipinski definition) is 5.